The molecule has 0 radical (unpaired) electrons. The van der Waals surface area contributed by atoms with Gasteiger partial charge in [-0.15, -0.1) is 12.3 Å². The van der Waals surface area contributed by atoms with Crippen molar-refractivity contribution in [1.82, 2.24) is 0 Å². The molecule has 0 amide bonds. The Labute approximate surface area is 69.6 Å². The molecular weight excluding hydrogens is 183 g/mol. The fourth-order valence-electron chi connectivity index (χ4n) is 0.632. The highest BCUT2D eigenvalue weighted by molar-refractivity contribution is 8.90. The molecule has 0 spiro atoms. The number of hydrogen-bond acceptors (Lipinski definition) is 3. The second-order valence-corrected chi connectivity index (χ2v) is 11.4. The molecular formula is C6H9OPS2. The summed E-state index contributed by atoms with van der Waals surface area (Å²) in [6.45, 7) is 1.81. The number of terminal acetylenes is 1. The van der Waals surface area contributed by atoms with Gasteiger partial charge in [0.1, 0.15) is 0 Å². The van der Waals surface area contributed by atoms with Crippen molar-refractivity contribution in [2.75, 3.05) is 18.2 Å². The lowest BCUT2D eigenvalue weighted by atomic mass is 10.2. The first-order valence-corrected chi connectivity index (χ1v) is 8.30. The van der Waals surface area contributed by atoms with E-state index in [2.05, 4.69) is 5.92 Å². The van der Waals surface area contributed by atoms with Gasteiger partial charge in [-0.25, -0.2) is 0 Å². The van der Waals surface area contributed by atoms with Crippen molar-refractivity contribution in [3.05, 3.63) is 0 Å². The molecule has 1 saturated heterocycles. The van der Waals surface area contributed by atoms with Crippen LogP contribution in [0.5, 0.6) is 0 Å². The van der Waals surface area contributed by atoms with Crippen LogP contribution in [0.1, 0.15) is 0 Å². The van der Waals surface area contributed by atoms with Crippen LogP contribution in [0.3, 0.4) is 0 Å². The van der Waals surface area contributed by atoms with E-state index >= 15 is 0 Å². The van der Waals surface area contributed by atoms with Crippen molar-refractivity contribution in [1.29, 1.82) is 0 Å². The van der Waals surface area contributed by atoms with Crippen molar-refractivity contribution in [2.24, 2.45) is 5.92 Å². The molecule has 1 heterocycles. The molecule has 0 atom stereocenters. The molecule has 1 fully saturated rings. The third kappa shape index (κ3) is 2.27. The zero-order valence-corrected chi connectivity index (χ0v) is 8.27. The molecule has 56 valence electrons. The van der Waals surface area contributed by atoms with E-state index < -0.39 is 5.55 Å². The molecule has 1 aliphatic rings. The summed E-state index contributed by atoms with van der Waals surface area (Å²) in [4.78, 5) is 0. The second-order valence-electron chi connectivity index (χ2n) is 2.23. The average molecular weight is 192 g/mol. The van der Waals surface area contributed by atoms with Gasteiger partial charge in [0.15, 0.2) is 5.55 Å². The normalized spacial score (nSPS) is 40.6. The van der Waals surface area contributed by atoms with Crippen molar-refractivity contribution in [3.8, 4) is 12.3 Å². The van der Waals surface area contributed by atoms with Crippen LogP contribution >= 0.6 is 28.3 Å². The van der Waals surface area contributed by atoms with Crippen LogP contribution in [0.2, 0.25) is 0 Å². The topological polar surface area (TPSA) is 17.1 Å². The molecule has 10 heavy (non-hydrogen) atoms. The van der Waals surface area contributed by atoms with Crippen LogP contribution in [-0.2, 0) is 4.57 Å². The van der Waals surface area contributed by atoms with Crippen molar-refractivity contribution in [2.45, 2.75) is 0 Å². The zero-order valence-electron chi connectivity index (χ0n) is 5.74. The maximum Gasteiger partial charge on any atom is 0.188 e. The van der Waals surface area contributed by atoms with Gasteiger partial charge in [0.2, 0.25) is 0 Å². The molecule has 1 aliphatic heterocycles. The third-order valence-corrected chi connectivity index (χ3v) is 8.90. The predicted molar refractivity (Wildman–Crippen MR) is 50.8 cm³/mol. The Bertz CT molecular complexity index is 196. The highest BCUT2D eigenvalue weighted by atomic mass is 33.1. The Morgan fingerprint density at radius 1 is 1.60 bits per heavy atom. The molecule has 0 aliphatic carbocycles. The van der Waals surface area contributed by atoms with E-state index in [4.69, 9.17) is 6.42 Å². The lowest BCUT2D eigenvalue weighted by Gasteiger charge is -2.21. The van der Waals surface area contributed by atoms with E-state index in [0.717, 1.165) is 11.5 Å². The minimum atomic E-state index is -1.90. The first-order valence-electron chi connectivity index (χ1n) is 2.97. The summed E-state index contributed by atoms with van der Waals surface area (Å²) in [5, 5.41) is 0. The molecule has 0 saturated carbocycles. The van der Waals surface area contributed by atoms with Gasteiger partial charge >= 0.3 is 0 Å². The zero-order chi connectivity index (χ0) is 7.61. The smallest absolute Gasteiger partial charge is 0.188 e. The summed E-state index contributed by atoms with van der Waals surface area (Å²) in [5.74, 6) is 4.75. The highest BCUT2D eigenvalue weighted by Gasteiger charge is 2.25. The maximum atomic E-state index is 11.4. The Kier molecular flexibility index (Phi) is 2.80. The standard InChI is InChI=1S/C6H9OPS2/c1-3-6-4-9-8(2,7)10-5-6/h1,6H,4-5H2,2H3. The Morgan fingerprint density at radius 3 is 2.50 bits per heavy atom. The van der Waals surface area contributed by atoms with Crippen LogP contribution in [0.15, 0.2) is 0 Å². The predicted octanol–water partition coefficient (Wildman–Crippen LogP) is 2.54. The summed E-state index contributed by atoms with van der Waals surface area (Å²) < 4.78 is 11.4. The minimum absolute atomic E-state index is 0.331. The minimum Gasteiger partial charge on any atom is -0.301 e. The lowest BCUT2D eigenvalue weighted by molar-refractivity contribution is 0.596. The molecule has 4 heteroatoms. The van der Waals surface area contributed by atoms with Gasteiger partial charge in [0.05, 0.1) is 0 Å². The van der Waals surface area contributed by atoms with E-state index in [0.29, 0.717) is 5.92 Å². The summed E-state index contributed by atoms with van der Waals surface area (Å²) in [5.41, 5.74) is -1.90. The Balaban J connectivity index is 2.48. The molecule has 0 N–H and O–H groups in total. The molecule has 0 bridgehead atoms. The summed E-state index contributed by atoms with van der Waals surface area (Å²) in [6.07, 6.45) is 5.23. The first kappa shape index (κ1) is 8.59. The van der Waals surface area contributed by atoms with Gasteiger partial charge in [-0.05, 0) is 0 Å². The molecule has 0 aromatic rings. The maximum absolute atomic E-state index is 11.4. The molecule has 0 unspecified atom stereocenters. The van der Waals surface area contributed by atoms with Gasteiger partial charge in [0, 0.05) is 24.1 Å². The SMILES string of the molecule is C#CC1CSP(C)(=O)SC1. The molecule has 1 nitrogen and oxygen atoms in total. The Morgan fingerprint density at radius 2 is 2.10 bits per heavy atom. The molecule has 1 rings (SSSR count). The van der Waals surface area contributed by atoms with Gasteiger partial charge < -0.3 is 4.57 Å². The lowest BCUT2D eigenvalue weighted by Crippen LogP contribution is -2.06. The fraction of sp³-hybridized carbons (Fsp3) is 0.667. The molecule has 0 aromatic carbocycles. The van der Waals surface area contributed by atoms with Crippen molar-refractivity contribution >= 4 is 28.3 Å². The summed E-state index contributed by atoms with van der Waals surface area (Å²) in [7, 11) is 0. The summed E-state index contributed by atoms with van der Waals surface area (Å²) >= 11 is 3.06. The van der Waals surface area contributed by atoms with E-state index in [1.807, 2.05) is 6.66 Å². The van der Waals surface area contributed by atoms with Crippen LogP contribution < -0.4 is 0 Å². The van der Waals surface area contributed by atoms with Gasteiger partial charge in [-0.1, -0.05) is 22.8 Å². The summed E-state index contributed by atoms with van der Waals surface area (Å²) in [6, 6.07) is 0. The molecule has 0 aromatic heterocycles. The van der Waals surface area contributed by atoms with Crippen molar-refractivity contribution < 1.29 is 4.57 Å². The first-order chi connectivity index (χ1) is 4.64. The Hall–Kier alpha value is 0.490. The van der Waals surface area contributed by atoms with Gasteiger partial charge in [-0.3, -0.25) is 0 Å². The van der Waals surface area contributed by atoms with Crippen LogP contribution in [0.25, 0.3) is 0 Å². The van der Waals surface area contributed by atoms with Gasteiger partial charge in [-0.2, -0.15) is 0 Å². The monoisotopic (exact) mass is 192 g/mol. The number of hydrogen-bond donors (Lipinski definition) is 0. The van der Waals surface area contributed by atoms with Crippen molar-refractivity contribution in [3.63, 3.8) is 0 Å². The van der Waals surface area contributed by atoms with E-state index in [1.54, 1.807) is 0 Å². The van der Waals surface area contributed by atoms with Crippen LogP contribution in [-0.4, -0.2) is 18.2 Å². The quantitative estimate of drug-likeness (QED) is 0.433. The van der Waals surface area contributed by atoms with Gasteiger partial charge in [0.25, 0.3) is 0 Å². The van der Waals surface area contributed by atoms with E-state index in [1.165, 1.54) is 22.8 Å². The third-order valence-electron chi connectivity index (χ3n) is 1.26. The van der Waals surface area contributed by atoms with Crippen LogP contribution in [0.4, 0.5) is 0 Å². The van der Waals surface area contributed by atoms with E-state index in [9.17, 15) is 4.57 Å². The van der Waals surface area contributed by atoms with E-state index in [-0.39, 0.29) is 0 Å². The average Bonchev–Trinajstić information content (AvgIpc) is 1.88. The second kappa shape index (κ2) is 3.26. The number of rotatable bonds is 0. The largest absolute Gasteiger partial charge is 0.301 e. The fourth-order valence-corrected chi connectivity index (χ4v) is 6.88. The van der Waals surface area contributed by atoms with Crippen LogP contribution in [0, 0.1) is 18.3 Å². The highest BCUT2D eigenvalue weighted by Crippen LogP contribution is 2.69.